The second-order valence-corrected chi connectivity index (χ2v) is 5.96. The Hall–Kier alpha value is -1.18. The predicted octanol–water partition coefficient (Wildman–Crippen LogP) is 3.78. The standard InChI is InChI=1S/C15H22N2/c1-11-5-4-8-15(9-11)10-16-13-7-3-6-12(2)14(13)17-15/h3,6-7,11,16-17H,4-5,8-10H2,1-2H3. The highest BCUT2D eigenvalue weighted by molar-refractivity contribution is 5.75. The zero-order chi connectivity index (χ0) is 11.9. The van der Waals surface area contributed by atoms with Crippen LogP contribution in [0.2, 0.25) is 0 Å². The second-order valence-electron chi connectivity index (χ2n) is 5.96. The Balaban J connectivity index is 1.91. The Morgan fingerprint density at radius 3 is 3.06 bits per heavy atom. The van der Waals surface area contributed by atoms with Crippen LogP contribution in [0.15, 0.2) is 18.2 Å². The third-order valence-electron chi connectivity index (χ3n) is 4.37. The summed E-state index contributed by atoms with van der Waals surface area (Å²) in [7, 11) is 0. The van der Waals surface area contributed by atoms with Gasteiger partial charge in [-0.2, -0.15) is 0 Å². The lowest BCUT2D eigenvalue weighted by molar-refractivity contribution is 0.266. The lowest BCUT2D eigenvalue weighted by Gasteiger charge is -2.45. The van der Waals surface area contributed by atoms with Gasteiger partial charge in [-0.25, -0.2) is 0 Å². The van der Waals surface area contributed by atoms with Gasteiger partial charge in [-0.05, 0) is 37.3 Å². The van der Waals surface area contributed by atoms with Gasteiger partial charge in [0.25, 0.3) is 0 Å². The van der Waals surface area contributed by atoms with Crippen LogP contribution in [0, 0.1) is 12.8 Å². The van der Waals surface area contributed by atoms with E-state index in [-0.39, 0.29) is 0 Å². The summed E-state index contributed by atoms with van der Waals surface area (Å²) < 4.78 is 0. The number of para-hydroxylation sites is 1. The smallest absolute Gasteiger partial charge is 0.0610 e. The molecule has 1 saturated carbocycles. The molecular formula is C15H22N2. The summed E-state index contributed by atoms with van der Waals surface area (Å²) in [6.45, 7) is 5.66. The minimum absolute atomic E-state index is 0.302. The molecule has 0 amide bonds. The number of benzene rings is 1. The number of fused-ring (bicyclic) bond motifs is 1. The van der Waals surface area contributed by atoms with E-state index in [4.69, 9.17) is 0 Å². The third kappa shape index (κ3) is 1.90. The summed E-state index contributed by atoms with van der Waals surface area (Å²) in [4.78, 5) is 0. The summed E-state index contributed by atoms with van der Waals surface area (Å²) in [5, 5.41) is 7.47. The molecule has 1 aliphatic carbocycles. The van der Waals surface area contributed by atoms with Crippen molar-refractivity contribution < 1.29 is 0 Å². The first kappa shape index (κ1) is 10.9. The zero-order valence-electron chi connectivity index (χ0n) is 10.8. The first-order chi connectivity index (χ1) is 8.19. The van der Waals surface area contributed by atoms with Crippen LogP contribution in [0.3, 0.4) is 0 Å². The Bertz CT molecular complexity index is 427. The second kappa shape index (κ2) is 3.94. The van der Waals surface area contributed by atoms with Crippen molar-refractivity contribution in [1.82, 2.24) is 0 Å². The van der Waals surface area contributed by atoms with Crippen LogP contribution < -0.4 is 10.6 Å². The number of aryl methyl sites for hydroxylation is 1. The normalized spacial score (nSPS) is 31.5. The molecule has 1 spiro atoms. The van der Waals surface area contributed by atoms with Crippen LogP contribution in [0.4, 0.5) is 11.4 Å². The average Bonchev–Trinajstić information content (AvgIpc) is 2.30. The SMILES string of the molecule is Cc1cccc2c1NC1(CCCC(C)C1)CN2. The van der Waals surface area contributed by atoms with Gasteiger partial charge >= 0.3 is 0 Å². The fraction of sp³-hybridized carbons (Fsp3) is 0.600. The van der Waals surface area contributed by atoms with Gasteiger partial charge < -0.3 is 10.6 Å². The fourth-order valence-corrected chi connectivity index (χ4v) is 3.49. The fourth-order valence-electron chi connectivity index (χ4n) is 3.49. The van der Waals surface area contributed by atoms with Crippen molar-refractivity contribution in [3.8, 4) is 0 Å². The molecule has 2 unspecified atom stereocenters. The predicted molar refractivity (Wildman–Crippen MR) is 73.7 cm³/mol. The minimum Gasteiger partial charge on any atom is -0.381 e. The van der Waals surface area contributed by atoms with Crippen molar-refractivity contribution in [2.75, 3.05) is 17.2 Å². The van der Waals surface area contributed by atoms with E-state index in [2.05, 4.69) is 42.7 Å². The Kier molecular flexibility index (Phi) is 2.53. The molecule has 3 rings (SSSR count). The average molecular weight is 230 g/mol. The summed E-state index contributed by atoms with van der Waals surface area (Å²) in [6, 6.07) is 6.50. The molecule has 1 heterocycles. The molecular weight excluding hydrogens is 208 g/mol. The number of nitrogens with one attached hydrogen (secondary N) is 2. The molecule has 0 aromatic heterocycles. The minimum atomic E-state index is 0.302. The molecule has 0 bridgehead atoms. The molecule has 2 atom stereocenters. The quantitative estimate of drug-likeness (QED) is 0.708. The van der Waals surface area contributed by atoms with Crippen molar-refractivity contribution in [2.24, 2.45) is 5.92 Å². The number of anilines is 2. The summed E-state index contributed by atoms with van der Waals surface area (Å²) in [5.41, 5.74) is 4.26. The van der Waals surface area contributed by atoms with Gasteiger partial charge in [0.05, 0.1) is 16.9 Å². The van der Waals surface area contributed by atoms with E-state index in [0.717, 1.165) is 12.5 Å². The molecule has 1 aromatic rings. The van der Waals surface area contributed by atoms with E-state index >= 15 is 0 Å². The van der Waals surface area contributed by atoms with Crippen molar-refractivity contribution in [3.63, 3.8) is 0 Å². The number of rotatable bonds is 0. The molecule has 1 fully saturated rings. The Labute approximate surface area is 104 Å². The van der Waals surface area contributed by atoms with Crippen LogP contribution in [-0.4, -0.2) is 12.1 Å². The lowest BCUT2D eigenvalue weighted by Crippen LogP contribution is -2.50. The van der Waals surface area contributed by atoms with E-state index < -0.39 is 0 Å². The largest absolute Gasteiger partial charge is 0.381 e. The first-order valence-corrected chi connectivity index (χ1v) is 6.80. The maximum absolute atomic E-state index is 3.85. The van der Waals surface area contributed by atoms with E-state index in [1.165, 1.54) is 42.6 Å². The number of hydrogen-bond acceptors (Lipinski definition) is 2. The summed E-state index contributed by atoms with van der Waals surface area (Å²) >= 11 is 0. The maximum Gasteiger partial charge on any atom is 0.0610 e. The zero-order valence-corrected chi connectivity index (χ0v) is 10.8. The molecule has 2 nitrogen and oxygen atoms in total. The number of hydrogen-bond donors (Lipinski definition) is 2. The van der Waals surface area contributed by atoms with Crippen LogP contribution in [-0.2, 0) is 0 Å². The molecule has 2 heteroatoms. The molecule has 0 radical (unpaired) electrons. The summed E-state index contributed by atoms with van der Waals surface area (Å²) in [5.74, 6) is 0.851. The van der Waals surface area contributed by atoms with E-state index in [1.54, 1.807) is 0 Å². The highest BCUT2D eigenvalue weighted by Crippen LogP contribution is 2.41. The molecule has 2 N–H and O–H groups in total. The van der Waals surface area contributed by atoms with E-state index in [9.17, 15) is 0 Å². The molecule has 0 saturated heterocycles. The molecule has 17 heavy (non-hydrogen) atoms. The Morgan fingerprint density at radius 1 is 1.35 bits per heavy atom. The van der Waals surface area contributed by atoms with Crippen LogP contribution in [0.5, 0.6) is 0 Å². The van der Waals surface area contributed by atoms with E-state index in [1.807, 2.05) is 0 Å². The molecule has 1 aromatic carbocycles. The van der Waals surface area contributed by atoms with Crippen molar-refractivity contribution in [3.05, 3.63) is 23.8 Å². The first-order valence-electron chi connectivity index (χ1n) is 6.80. The summed E-state index contributed by atoms with van der Waals surface area (Å²) in [6.07, 6.45) is 5.35. The highest BCUT2D eigenvalue weighted by Gasteiger charge is 2.37. The van der Waals surface area contributed by atoms with Gasteiger partial charge in [0, 0.05) is 6.54 Å². The van der Waals surface area contributed by atoms with Gasteiger partial charge in [-0.3, -0.25) is 0 Å². The molecule has 1 aliphatic heterocycles. The van der Waals surface area contributed by atoms with Crippen molar-refractivity contribution in [1.29, 1.82) is 0 Å². The van der Waals surface area contributed by atoms with Gasteiger partial charge in [-0.15, -0.1) is 0 Å². The van der Waals surface area contributed by atoms with Crippen molar-refractivity contribution >= 4 is 11.4 Å². The topological polar surface area (TPSA) is 24.1 Å². The van der Waals surface area contributed by atoms with Gasteiger partial charge in [0.2, 0.25) is 0 Å². The van der Waals surface area contributed by atoms with Gasteiger partial charge in [-0.1, -0.05) is 31.9 Å². The van der Waals surface area contributed by atoms with E-state index in [0.29, 0.717) is 5.54 Å². The van der Waals surface area contributed by atoms with Gasteiger partial charge in [0.1, 0.15) is 0 Å². The monoisotopic (exact) mass is 230 g/mol. The highest BCUT2D eigenvalue weighted by atomic mass is 15.1. The van der Waals surface area contributed by atoms with Crippen LogP contribution in [0.25, 0.3) is 0 Å². The lowest BCUT2D eigenvalue weighted by atomic mass is 9.75. The maximum atomic E-state index is 3.85. The van der Waals surface area contributed by atoms with Crippen LogP contribution in [0.1, 0.15) is 38.2 Å². The third-order valence-corrected chi connectivity index (χ3v) is 4.37. The van der Waals surface area contributed by atoms with Crippen molar-refractivity contribution in [2.45, 2.75) is 45.1 Å². The molecule has 2 aliphatic rings. The van der Waals surface area contributed by atoms with Crippen LogP contribution >= 0.6 is 0 Å². The molecule has 92 valence electrons. The van der Waals surface area contributed by atoms with Gasteiger partial charge in [0.15, 0.2) is 0 Å². The Morgan fingerprint density at radius 2 is 2.24 bits per heavy atom.